The van der Waals surface area contributed by atoms with E-state index in [-0.39, 0.29) is 6.23 Å². The summed E-state index contributed by atoms with van der Waals surface area (Å²) in [6, 6.07) is 8.23. The topological polar surface area (TPSA) is 45.3 Å². The molecule has 1 unspecified atom stereocenters. The molecule has 1 heterocycles. The van der Waals surface area contributed by atoms with Crippen molar-refractivity contribution in [3.05, 3.63) is 29.8 Å². The Kier molecular flexibility index (Phi) is 3.20. The number of benzene rings is 1. The number of rotatable bonds is 3. The number of hydrogen-bond donors (Lipinski definition) is 3. The summed E-state index contributed by atoms with van der Waals surface area (Å²) in [5.41, 5.74) is 10.0. The molecule has 4 heteroatoms. The van der Waals surface area contributed by atoms with Crippen molar-refractivity contribution >= 4 is 0 Å². The molecular formula is C11H17N3O. The van der Waals surface area contributed by atoms with Gasteiger partial charge in [0, 0.05) is 0 Å². The molecule has 82 valence electrons. The molecule has 0 radical (unpaired) electrons. The van der Waals surface area contributed by atoms with Crippen molar-refractivity contribution < 1.29 is 4.74 Å². The molecule has 0 aliphatic carbocycles. The van der Waals surface area contributed by atoms with Crippen molar-refractivity contribution in [2.45, 2.75) is 26.0 Å². The molecule has 0 bridgehead atoms. The van der Waals surface area contributed by atoms with Crippen LogP contribution < -0.4 is 21.1 Å². The Morgan fingerprint density at radius 3 is 2.53 bits per heavy atom. The SMILES string of the molecule is CC(C)c1ccc(OC2CNNN2)cc1. The molecule has 1 aliphatic heterocycles. The van der Waals surface area contributed by atoms with Gasteiger partial charge in [-0.05, 0) is 23.6 Å². The maximum absolute atomic E-state index is 5.67. The molecule has 4 nitrogen and oxygen atoms in total. The van der Waals surface area contributed by atoms with Crippen molar-refractivity contribution in [1.29, 1.82) is 0 Å². The van der Waals surface area contributed by atoms with Crippen LogP contribution in [0, 0.1) is 0 Å². The summed E-state index contributed by atoms with van der Waals surface area (Å²) in [4.78, 5) is 0. The Balaban J connectivity index is 1.97. The standard InChI is InChI=1S/C11H17N3O/c1-8(2)9-3-5-10(6-4-9)15-11-7-12-14-13-11/h3-6,8,11-14H,7H2,1-2H3. The van der Waals surface area contributed by atoms with Gasteiger partial charge < -0.3 is 4.74 Å². The first kappa shape index (κ1) is 10.4. The zero-order valence-corrected chi connectivity index (χ0v) is 9.08. The number of hydrogen-bond acceptors (Lipinski definition) is 4. The highest BCUT2D eigenvalue weighted by Crippen LogP contribution is 2.19. The van der Waals surface area contributed by atoms with Gasteiger partial charge in [-0.3, -0.25) is 0 Å². The average molecular weight is 207 g/mol. The maximum Gasteiger partial charge on any atom is 0.177 e. The molecule has 2 rings (SSSR count). The lowest BCUT2D eigenvalue weighted by Gasteiger charge is -2.13. The van der Waals surface area contributed by atoms with E-state index < -0.39 is 0 Å². The van der Waals surface area contributed by atoms with Crippen LogP contribution in [-0.2, 0) is 0 Å². The van der Waals surface area contributed by atoms with Gasteiger partial charge in [0.1, 0.15) is 5.75 Å². The molecule has 1 saturated heterocycles. The number of ether oxygens (including phenoxy) is 1. The summed E-state index contributed by atoms with van der Waals surface area (Å²) in [6.45, 7) is 5.12. The molecule has 1 aromatic carbocycles. The molecule has 0 amide bonds. The smallest absolute Gasteiger partial charge is 0.177 e. The third-order valence-corrected chi connectivity index (χ3v) is 2.43. The van der Waals surface area contributed by atoms with Gasteiger partial charge in [0.05, 0.1) is 6.54 Å². The first-order valence-electron chi connectivity index (χ1n) is 5.26. The van der Waals surface area contributed by atoms with Crippen LogP contribution in [0.4, 0.5) is 0 Å². The summed E-state index contributed by atoms with van der Waals surface area (Å²) in [5, 5.41) is 0. The van der Waals surface area contributed by atoms with Crippen molar-refractivity contribution in [2.24, 2.45) is 0 Å². The predicted molar refractivity (Wildman–Crippen MR) is 59.2 cm³/mol. The van der Waals surface area contributed by atoms with Crippen molar-refractivity contribution in [3.63, 3.8) is 0 Å². The monoisotopic (exact) mass is 207 g/mol. The van der Waals surface area contributed by atoms with Crippen LogP contribution in [-0.4, -0.2) is 12.8 Å². The Bertz CT molecular complexity index is 304. The molecule has 1 aliphatic rings. The highest BCUT2D eigenvalue weighted by atomic mass is 16.5. The number of hydrazine groups is 2. The van der Waals surface area contributed by atoms with E-state index in [1.54, 1.807) is 0 Å². The lowest BCUT2D eigenvalue weighted by atomic mass is 10.0. The van der Waals surface area contributed by atoms with Crippen LogP contribution in [0.3, 0.4) is 0 Å². The fraction of sp³-hybridized carbons (Fsp3) is 0.455. The van der Waals surface area contributed by atoms with Gasteiger partial charge >= 0.3 is 0 Å². The van der Waals surface area contributed by atoms with Crippen LogP contribution in [0.2, 0.25) is 0 Å². The Labute approximate surface area is 90.0 Å². The fourth-order valence-corrected chi connectivity index (χ4v) is 1.49. The van der Waals surface area contributed by atoms with Crippen LogP contribution in [0.1, 0.15) is 25.3 Å². The molecule has 1 fully saturated rings. The normalized spacial score (nSPS) is 20.9. The van der Waals surface area contributed by atoms with E-state index in [4.69, 9.17) is 4.74 Å². The van der Waals surface area contributed by atoms with Gasteiger partial charge in [0.15, 0.2) is 6.23 Å². The minimum Gasteiger partial charge on any atom is -0.473 e. The fourth-order valence-electron chi connectivity index (χ4n) is 1.49. The molecule has 1 aromatic rings. The third-order valence-electron chi connectivity index (χ3n) is 2.43. The molecule has 3 N–H and O–H groups in total. The minimum absolute atomic E-state index is 0.00472. The molecule has 0 spiro atoms. The average Bonchev–Trinajstić information content (AvgIpc) is 2.71. The molecule has 0 aromatic heterocycles. The highest BCUT2D eigenvalue weighted by molar-refractivity contribution is 5.29. The van der Waals surface area contributed by atoms with Crippen LogP contribution in [0.15, 0.2) is 24.3 Å². The zero-order valence-electron chi connectivity index (χ0n) is 9.08. The van der Waals surface area contributed by atoms with E-state index >= 15 is 0 Å². The Morgan fingerprint density at radius 1 is 1.27 bits per heavy atom. The summed E-state index contributed by atoms with van der Waals surface area (Å²) < 4.78 is 5.67. The van der Waals surface area contributed by atoms with Crippen LogP contribution in [0.25, 0.3) is 0 Å². The van der Waals surface area contributed by atoms with Crippen molar-refractivity contribution in [2.75, 3.05) is 6.54 Å². The van der Waals surface area contributed by atoms with E-state index in [1.807, 2.05) is 12.1 Å². The molecule has 0 saturated carbocycles. The van der Waals surface area contributed by atoms with Crippen molar-refractivity contribution in [1.82, 2.24) is 16.4 Å². The summed E-state index contributed by atoms with van der Waals surface area (Å²) in [6.07, 6.45) is -0.00472. The van der Waals surface area contributed by atoms with Crippen LogP contribution in [0.5, 0.6) is 5.75 Å². The van der Waals surface area contributed by atoms with E-state index in [1.165, 1.54) is 5.56 Å². The lowest BCUT2D eigenvalue weighted by molar-refractivity contribution is 0.191. The number of nitrogens with one attached hydrogen (secondary N) is 3. The van der Waals surface area contributed by atoms with Gasteiger partial charge in [0.25, 0.3) is 0 Å². The lowest BCUT2D eigenvalue weighted by Crippen LogP contribution is -2.36. The van der Waals surface area contributed by atoms with E-state index in [2.05, 4.69) is 42.4 Å². The van der Waals surface area contributed by atoms with Crippen LogP contribution >= 0.6 is 0 Å². The largest absolute Gasteiger partial charge is 0.473 e. The summed E-state index contributed by atoms with van der Waals surface area (Å²) in [5.74, 6) is 1.45. The van der Waals surface area contributed by atoms with Crippen molar-refractivity contribution in [3.8, 4) is 5.75 Å². The van der Waals surface area contributed by atoms with Gasteiger partial charge in [-0.15, -0.1) is 0 Å². The first-order valence-corrected chi connectivity index (χ1v) is 5.26. The third kappa shape index (κ3) is 2.68. The Morgan fingerprint density at radius 2 is 2.00 bits per heavy atom. The van der Waals surface area contributed by atoms with Gasteiger partial charge in [0.2, 0.25) is 0 Å². The van der Waals surface area contributed by atoms with Gasteiger partial charge in [-0.25, -0.2) is 10.9 Å². The quantitative estimate of drug-likeness (QED) is 0.695. The van der Waals surface area contributed by atoms with E-state index in [0.717, 1.165) is 12.3 Å². The maximum atomic E-state index is 5.67. The first-order chi connectivity index (χ1) is 7.25. The summed E-state index contributed by atoms with van der Waals surface area (Å²) >= 11 is 0. The predicted octanol–water partition coefficient (Wildman–Crippen LogP) is 1.13. The summed E-state index contributed by atoms with van der Waals surface area (Å²) in [7, 11) is 0. The Hall–Kier alpha value is -1.10. The zero-order chi connectivity index (χ0) is 10.7. The van der Waals surface area contributed by atoms with Gasteiger partial charge in [-0.1, -0.05) is 26.0 Å². The second kappa shape index (κ2) is 4.61. The second-order valence-electron chi connectivity index (χ2n) is 3.98. The molecule has 1 atom stereocenters. The highest BCUT2D eigenvalue weighted by Gasteiger charge is 2.14. The van der Waals surface area contributed by atoms with Gasteiger partial charge in [-0.2, -0.15) is 5.53 Å². The van der Waals surface area contributed by atoms with E-state index in [9.17, 15) is 0 Å². The minimum atomic E-state index is -0.00472. The molecular weight excluding hydrogens is 190 g/mol. The van der Waals surface area contributed by atoms with E-state index in [0.29, 0.717) is 5.92 Å². The molecule has 15 heavy (non-hydrogen) atoms. The second-order valence-corrected chi connectivity index (χ2v) is 3.98.